The zero-order valence-corrected chi connectivity index (χ0v) is 18.7. The number of sulfonamides is 1. The number of halogens is 1. The third-order valence-corrected chi connectivity index (χ3v) is 6.76. The lowest BCUT2D eigenvalue weighted by Crippen LogP contribution is -2.41. The molecule has 1 atom stereocenters. The molecule has 1 N–H and O–H groups in total. The van der Waals surface area contributed by atoms with Gasteiger partial charge in [-0.2, -0.15) is 4.31 Å². The van der Waals surface area contributed by atoms with Crippen LogP contribution in [0.25, 0.3) is 0 Å². The Morgan fingerprint density at radius 1 is 1.00 bits per heavy atom. The van der Waals surface area contributed by atoms with Gasteiger partial charge >= 0.3 is 0 Å². The Morgan fingerprint density at radius 2 is 1.62 bits per heavy atom. The van der Waals surface area contributed by atoms with Gasteiger partial charge in [-0.25, -0.2) is 12.8 Å². The molecule has 0 aliphatic rings. The molecule has 6 nitrogen and oxygen atoms in total. The Bertz CT molecular complexity index is 1150. The number of benzene rings is 3. The summed E-state index contributed by atoms with van der Waals surface area (Å²) >= 11 is 0. The Morgan fingerprint density at radius 3 is 2.28 bits per heavy atom. The molecule has 168 valence electrons. The lowest BCUT2D eigenvalue weighted by Gasteiger charge is -2.24. The summed E-state index contributed by atoms with van der Waals surface area (Å²) in [5.41, 5.74) is 1.50. The molecule has 0 fully saturated rings. The van der Waals surface area contributed by atoms with Crippen molar-refractivity contribution in [2.24, 2.45) is 0 Å². The summed E-state index contributed by atoms with van der Waals surface area (Å²) in [5.74, 6) is -0.382. The van der Waals surface area contributed by atoms with Crippen molar-refractivity contribution >= 4 is 15.9 Å². The van der Waals surface area contributed by atoms with Gasteiger partial charge in [0.15, 0.2) is 0 Å². The van der Waals surface area contributed by atoms with E-state index in [1.165, 1.54) is 12.1 Å². The second kappa shape index (κ2) is 10.4. The number of rotatable bonds is 9. The smallest absolute Gasteiger partial charge is 0.243 e. The SMILES string of the molecule is COc1ccccc1[C@H](C)NC(=O)CN(Cc1ccccc1)S(=O)(=O)c1ccc(F)cc1. The molecule has 32 heavy (non-hydrogen) atoms. The summed E-state index contributed by atoms with van der Waals surface area (Å²) < 4.78 is 46.2. The summed E-state index contributed by atoms with van der Waals surface area (Å²) in [6.45, 7) is 1.40. The van der Waals surface area contributed by atoms with Gasteiger partial charge in [0, 0.05) is 12.1 Å². The first-order valence-electron chi connectivity index (χ1n) is 10.0. The van der Waals surface area contributed by atoms with Gasteiger partial charge in [0.1, 0.15) is 11.6 Å². The Labute approximate surface area is 187 Å². The van der Waals surface area contributed by atoms with Gasteiger partial charge in [-0.05, 0) is 42.8 Å². The Hall–Kier alpha value is -3.23. The molecule has 3 aromatic carbocycles. The van der Waals surface area contributed by atoms with Crippen molar-refractivity contribution < 1.29 is 22.3 Å². The largest absolute Gasteiger partial charge is 0.496 e. The average Bonchev–Trinajstić information content (AvgIpc) is 2.79. The highest BCUT2D eigenvalue weighted by Gasteiger charge is 2.27. The Kier molecular flexibility index (Phi) is 7.61. The Balaban J connectivity index is 1.83. The van der Waals surface area contributed by atoms with E-state index in [0.29, 0.717) is 5.75 Å². The molecule has 0 bridgehead atoms. The van der Waals surface area contributed by atoms with Crippen molar-refractivity contribution in [3.8, 4) is 5.75 Å². The number of methoxy groups -OCH3 is 1. The van der Waals surface area contributed by atoms with Gasteiger partial charge in [-0.15, -0.1) is 0 Å². The van der Waals surface area contributed by atoms with Crippen molar-refractivity contribution in [2.45, 2.75) is 24.4 Å². The third-order valence-electron chi connectivity index (χ3n) is 4.96. The van der Waals surface area contributed by atoms with Crippen LogP contribution in [0.5, 0.6) is 5.75 Å². The van der Waals surface area contributed by atoms with Crippen molar-refractivity contribution in [3.63, 3.8) is 0 Å². The first-order valence-corrected chi connectivity index (χ1v) is 11.5. The van der Waals surface area contributed by atoms with E-state index in [-0.39, 0.29) is 11.4 Å². The topological polar surface area (TPSA) is 75.7 Å². The van der Waals surface area contributed by atoms with Crippen LogP contribution in [0.4, 0.5) is 4.39 Å². The molecule has 0 saturated carbocycles. The molecule has 0 unspecified atom stereocenters. The molecule has 3 aromatic rings. The number of nitrogens with zero attached hydrogens (tertiary/aromatic N) is 1. The first kappa shape index (κ1) is 23.4. The van der Waals surface area contributed by atoms with E-state index in [2.05, 4.69) is 5.32 Å². The summed E-state index contributed by atoms with van der Waals surface area (Å²) in [7, 11) is -2.50. The second-order valence-electron chi connectivity index (χ2n) is 7.24. The maximum absolute atomic E-state index is 13.3. The van der Waals surface area contributed by atoms with Crippen molar-refractivity contribution in [1.82, 2.24) is 9.62 Å². The standard InChI is InChI=1S/C24H25FN2O4S/c1-18(22-10-6-7-11-23(22)31-2)26-24(28)17-27(16-19-8-4-3-5-9-19)32(29,30)21-14-12-20(25)13-15-21/h3-15,18H,16-17H2,1-2H3,(H,26,28)/t18-/m0/s1. The minimum absolute atomic E-state index is 0.00297. The third kappa shape index (κ3) is 5.72. The average molecular weight is 457 g/mol. The fourth-order valence-electron chi connectivity index (χ4n) is 3.32. The van der Waals surface area contributed by atoms with Crippen LogP contribution < -0.4 is 10.1 Å². The number of carbonyl (C=O) groups is 1. The molecule has 8 heteroatoms. The van der Waals surface area contributed by atoms with Crippen LogP contribution in [0.15, 0.2) is 83.8 Å². The number of ether oxygens (including phenoxy) is 1. The lowest BCUT2D eigenvalue weighted by molar-refractivity contribution is -0.122. The fourth-order valence-corrected chi connectivity index (χ4v) is 4.70. The van der Waals surface area contributed by atoms with Crippen LogP contribution in [0.1, 0.15) is 24.1 Å². The molecule has 0 radical (unpaired) electrons. The summed E-state index contributed by atoms with van der Waals surface area (Å²) in [6, 6.07) is 20.4. The highest BCUT2D eigenvalue weighted by Crippen LogP contribution is 2.24. The zero-order valence-electron chi connectivity index (χ0n) is 17.9. The molecule has 0 saturated heterocycles. The number of hydrogen-bond acceptors (Lipinski definition) is 4. The summed E-state index contributed by atoms with van der Waals surface area (Å²) in [6.07, 6.45) is 0. The van der Waals surface area contributed by atoms with E-state index in [0.717, 1.165) is 27.6 Å². The molecular weight excluding hydrogens is 431 g/mol. The molecule has 1 amide bonds. The van der Waals surface area contributed by atoms with Crippen LogP contribution in [0.3, 0.4) is 0 Å². The molecule has 0 aromatic heterocycles. The monoisotopic (exact) mass is 456 g/mol. The van der Waals surface area contributed by atoms with Crippen molar-refractivity contribution in [2.75, 3.05) is 13.7 Å². The van der Waals surface area contributed by atoms with E-state index in [9.17, 15) is 17.6 Å². The van der Waals surface area contributed by atoms with E-state index < -0.39 is 34.3 Å². The first-order chi connectivity index (χ1) is 15.3. The number of hydrogen-bond donors (Lipinski definition) is 1. The maximum atomic E-state index is 13.3. The van der Waals surface area contributed by atoms with Gasteiger partial charge in [-0.3, -0.25) is 4.79 Å². The van der Waals surface area contributed by atoms with Crippen molar-refractivity contribution in [3.05, 3.63) is 95.8 Å². The number of nitrogens with one attached hydrogen (secondary N) is 1. The van der Waals surface area contributed by atoms with E-state index >= 15 is 0 Å². The second-order valence-corrected chi connectivity index (χ2v) is 9.18. The highest BCUT2D eigenvalue weighted by molar-refractivity contribution is 7.89. The minimum Gasteiger partial charge on any atom is -0.496 e. The molecular formula is C24H25FN2O4S. The van der Waals surface area contributed by atoms with Gasteiger partial charge in [0.05, 0.1) is 24.6 Å². The molecule has 0 aliphatic heterocycles. The van der Waals surface area contributed by atoms with E-state index in [1.54, 1.807) is 44.4 Å². The van der Waals surface area contributed by atoms with Gasteiger partial charge in [0.2, 0.25) is 15.9 Å². The summed E-state index contributed by atoms with van der Waals surface area (Å²) in [4.78, 5) is 12.8. The van der Waals surface area contributed by atoms with Crippen LogP contribution >= 0.6 is 0 Å². The summed E-state index contributed by atoms with van der Waals surface area (Å²) in [5, 5.41) is 2.83. The predicted molar refractivity (Wildman–Crippen MR) is 120 cm³/mol. The van der Waals surface area contributed by atoms with Crippen LogP contribution in [0.2, 0.25) is 0 Å². The molecule has 0 aliphatic carbocycles. The molecule has 0 spiro atoms. The zero-order chi connectivity index (χ0) is 23.1. The van der Waals surface area contributed by atoms with Gasteiger partial charge in [-0.1, -0.05) is 48.5 Å². The maximum Gasteiger partial charge on any atom is 0.243 e. The quantitative estimate of drug-likeness (QED) is 0.530. The molecule has 3 rings (SSSR count). The molecule has 0 heterocycles. The van der Waals surface area contributed by atoms with Gasteiger partial charge < -0.3 is 10.1 Å². The predicted octanol–water partition coefficient (Wildman–Crippen LogP) is 3.90. The number of amides is 1. The van der Waals surface area contributed by atoms with E-state index in [1.807, 2.05) is 24.3 Å². The van der Waals surface area contributed by atoms with Gasteiger partial charge in [0.25, 0.3) is 0 Å². The highest BCUT2D eigenvalue weighted by atomic mass is 32.2. The number of carbonyl (C=O) groups excluding carboxylic acids is 1. The van der Waals surface area contributed by atoms with Crippen LogP contribution in [0, 0.1) is 5.82 Å². The normalized spacial score (nSPS) is 12.4. The van der Waals surface area contributed by atoms with Crippen LogP contribution in [-0.4, -0.2) is 32.3 Å². The lowest BCUT2D eigenvalue weighted by atomic mass is 10.1. The van der Waals surface area contributed by atoms with E-state index in [4.69, 9.17) is 4.74 Å². The fraction of sp³-hybridized carbons (Fsp3) is 0.208. The number of para-hydroxylation sites is 1. The van der Waals surface area contributed by atoms with Crippen molar-refractivity contribution in [1.29, 1.82) is 0 Å². The minimum atomic E-state index is -4.04. The van der Waals surface area contributed by atoms with Crippen LogP contribution in [-0.2, 0) is 21.4 Å².